The first kappa shape index (κ1) is 9.13. The fourth-order valence-corrected chi connectivity index (χ4v) is 4.30. The molecule has 2 aliphatic carbocycles. The molecule has 100 valence electrons. The Morgan fingerprint density at radius 1 is 1.44 bits per heavy atom. The SMILES string of the molecule is [2H]C([2H])([2H])C1=CC[C@H]2[C@H](C)CC[C@H]3[C@@H](C)C(=O)O[C@@]23[C@H]1O. The van der Waals surface area contributed by atoms with Gasteiger partial charge in [0, 0.05) is 15.9 Å². The van der Waals surface area contributed by atoms with Gasteiger partial charge in [-0.3, -0.25) is 4.79 Å². The normalized spacial score (nSPS) is 54.4. The molecule has 1 saturated heterocycles. The molecule has 1 aliphatic heterocycles. The fourth-order valence-electron chi connectivity index (χ4n) is 4.30. The van der Waals surface area contributed by atoms with E-state index in [9.17, 15) is 9.90 Å². The Balaban J connectivity index is 2.10. The highest BCUT2D eigenvalue weighted by Gasteiger charge is 2.65. The van der Waals surface area contributed by atoms with Crippen molar-refractivity contribution in [3.05, 3.63) is 11.6 Å². The molecule has 0 amide bonds. The molecule has 3 rings (SSSR count). The van der Waals surface area contributed by atoms with E-state index in [4.69, 9.17) is 8.85 Å². The number of rotatable bonds is 0. The van der Waals surface area contributed by atoms with Crippen LogP contribution < -0.4 is 0 Å². The molecule has 3 aliphatic rings. The van der Waals surface area contributed by atoms with Gasteiger partial charge in [-0.25, -0.2) is 0 Å². The highest BCUT2D eigenvalue weighted by Crippen LogP contribution is 2.57. The van der Waals surface area contributed by atoms with Crippen LogP contribution in [0.15, 0.2) is 11.6 Å². The summed E-state index contributed by atoms with van der Waals surface area (Å²) in [5.74, 6) is -0.350. The van der Waals surface area contributed by atoms with E-state index in [-0.39, 0.29) is 29.3 Å². The summed E-state index contributed by atoms with van der Waals surface area (Å²) in [7, 11) is 0. The van der Waals surface area contributed by atoms with Gasteiger partial charge in [0.1, 0.15) is 11.7 Å². The van der Waals surface area contributed by atoms with E-state index in [0.29, 0.717) is 12.3 Å². The second kappa shape index (κ2) is 3.83. The number of carbonyl (C=O) groups excluding carboxylic acids is 1. The molecule has 1 saturated carbocycles. The van der Waals surface area contributed by atoms with Crippen molar-refractivity contribution in [2.24, 2.45) is 23.7 Å². The number of hydrogen-bond acceptors (Lipinski definition) is 3. The number of hydrogen-bond donors (Lipinski definition) is 1. The zero-order valence-corrected chi connectivity index (χ0v) is 10.8. The van der Waals surface area contributed by atoms with Crippen molar-refractivity contribution in [3.8, 4) is 0 Å². The monoisotopic (exact) mass is 253 g/mol. The second-order valence-corrected chi connectivity index (χ2v) is 6.13. The molecular weight excluding hydrogens is 228 g/mol. The van der Waals surface area contributed by atoms with E-state index < -0.39 is 18.6 Å². The molecule has 0 unspecified atom stereocenters. The number of ether oxygens (including phenoxy) is 1. The van der Waals surface area contributed by atoms with Gasteiger partial charge in [-0.05, 0) is 37.6 Å². The van der Waals surface area contributed by atoms with Crippen LogP contribution in [0.3, 0.4) is 0 Å². The number of carbonyl (C=O) groups is 1. The van der Waals surface area contributed by atoms with Crippen molar-refractivity contribution >= 4 is 5.97 Å². The molecule has 0 bridgehead atoms. The molecule has 0 aromatic rings. The summed E-state index contributed by atoms with van der Waals surface area (Å²) in [6.07, 6.45) is 2.77. The number of esters is 1. The van der Waals surface area contributed by atoms with Crippen molar-refractivity contribution in [3.63, 3.8) is 0 Å². The average molecular weight is 253 g/mol. The largest absolute Gasteiger partial charge is 0.455 e. The molecule has 0 aromatic heterocycles. The molecular formula is C15H22O3. The van der Waals surface area contributed by atoms with Gasteiger partial charge in [-0.2, -0.15) is 0 Å². The van der Waals surface area contributed by atoms with Gasteiger partial charge in [0.2, 0.25) is 0 Å². The Bertz CT molecular complexity index is 499. The van der Waals surface area contributed by atoms with Crippen LogP contribution in [-0.4, -0.2) is 22.8 Å². The van der Waals surface area contributed by atoms with E-state index >= 15 is 0 Å². The van der Waals surface area contributed by atoms with Crippen molar-refractivity contribution in [1.82, 2.24) is 0 Å². The minimum atomic E-state index is -2.34. The third kappa shape index (κ3) is 1.31. The molecule has 1 spiro atoms. The third-order valence-electron chi connectivity index (χ3n) is 5.35. The molecule has 0 radical (unpaired) electrons. The van der Waals surface area contributed by atoms with Crippen LogP contribution in [0.5, 0.6) is 0 Å². The lowest BCUT2D eigenvalue weighted by Gasteiger charge is -2.52. The highest BCUT2D eigenvalue weighted by atomic mass is 16.6. The van der Waals surface area contributed by atoms with Gasteiger partial charge >= 0.3 is 5.97 Å². The predicted octanol–water partition coefficient (Wildman–Crippen LogP) is 2.29. The maximum atomic E-state index is 12.1. The molecule has 3 heteroatoms. The lowest BCUT2D eigenvalue weighted by atomic mass is 9.56. The smallest absolute Gasteiger partial charge is 0.309 e. The van der Waals surface area contributed by atoms with Gasteiger partial charge < -0.3 is 9.84 Å². The summed E-state index contributed by atoms with van der Waals surface area (Å²) < 4.78 is 28.6. The topological polar surface area (TPSA) is 46.5 Å². The van der Waals surface area contributed by atoms with E-state index in [1.807, 2.05) is 6.92 Å². The maximum Gasteiger partial charge on any atom is 0.309 e. The molecule has 1 heterocycles. The number of allylic oxidation sites excluding steroid dienone is 1. The van der Waals surface area contributed by atoms with Crippen molar-refractivity contribution in [2.45, 2.75) is 51.7 Å². The summed E-state index contributed by atoms with van der Waals surface area (Å²) in [6.45, 7) is 1.58. The quantitative estimate of drug-likeness (QED) is 0.532. The third-order valence-corrected chi connectivity index (χ3v) is 5.35. The van der Waals surface area contributed by atoms with Gasteiger partial charge in [0.05, 0.1) is 5.92 Å². The van der Waals surface area contributed by atoms with Gasteiger partial charge in [-0.15, -0.1) is 0 Å². The molecule has 1 N–H and O–H groups in total. The lowest BCUT2D eigenvalue weighted by Crippen LogP contribution is -2.59. The summed E-state index contributed by atoms with van der Waals surface area (Å²) in [4.78, 5) is 12.1. The molecule has 6 atom stereocenters. The van der Waals surface area contributed by atoms with Crippen molar-refractivity contribution in [1.29, 1.82) is 0 Å². The molecule has 0 aromatic carbocycles. The number of aliphatic hydroxyl groups excluding tert-OH is 1. The molecule has 3 nitrogen and oxygen atoms in total. The summed E-state index contributed by atoms with van der Waals surface area (Å²) >= 11 is 0. The summed E-state index contributed by atoms with van der Waals surface area (Å²) in [5.41, 5.74) is -0.994. The van der Waals surface area contributed by atoms with Crippen molar-refractivity contribution in [2.75, 3.05) is 0 Å². The van der Waals surface area contributed by atoms with Crippen LogP contribution in [-0.2, 0) is 9.53 Å². The Hall–Kier alpha value is -0.830. The first-order valence-corrected chi connectivity index (χ1v) is 6.81. The Labute approximate surface area is 112 Å². The van der Waals surface area contributed by atoms with E-state index in [2.05, 4.69) is 6.92 Å². The first-order valence-electron chi connectivity index (χ1n) is 8.31. The minimum absolute atomic E-state index is 0.00579. The van der Waals surface area contributed by atoms with Gasteiger partial charge in [-0.1, -0.05) is 19.9 Å². The summed E-state index contributed by atoms with van der Waals surface area (Å²) in [5, 5.41) is 10.8. The highest BCUT2D eigenvalue weighted by molar-refractivity contribution is 5.76. The van der Waals surface area contributed by atoms with Crippen LogP contribution in [0.4, 0.5) is 0 Å². The Morgan fingerprint density at radius 2 is 2.22 bits per heavy atom. The summed E-state index contributed by atoms with van der Waals surface area (Å²) in [6, 6.07) is 0. The first-order chi connectivity index (χ1) is 9.69. The van der Waals surface area contributed by atoms with Gasteiger partial charge in [0.25, 0.3) is 0 Å². The molecule has 2 fully saturated rings. The van der Waals surface area contributed by atoms with E-state index in [1.165, 1.54) is 0 Å². The van der Waals surface area contributed by atoms with Crippen LogP contribution in [0.25, 0.3) is 0 Å². The van der Waals surface area contributed by atoms with Crippen LogP contribution in [0.2, 0.25) is 0 Å². The zero-order chi connectivity index (χ0) is 15.6. The minimum Gasteiger partial charge on any atom is -0.455 e. The lowest BCUT2D eigenvalue weighted by molar-refractivity contribution is -0.183. The zero-order valence-electron chi connectivity index (χ0n) is 13.8. The second-order valence-electron chi connectivity index (χ2n) is 6.13. The van der Waals surface area contributed by atoms with Crippen molar-refractivity contribution < 1.29 is 18.8 Å². The Kier molecular flexibility index (Phi) is 1.94. The fraction of sp³-hybridized carbons (Fsp3) is 0.800. The average Bonchev–Trinajstić information content (AvgIpc) is 2.63. The van der Waals surface area contributed by atoms with E-state index in [1.54, 1.807) is 6.08 Å². The maximum absolute atomic E-state index is 12.1. The van der Waals surface area contributed by atoms with E-state index in [0.717, 1.165) is 12.8 Å². The number of aliphatic hydroxyl groups is 1. The van der Waals surface area contributed by atoms with Crippen LogP contribution in [0.1, 0.15) is 44.1 Å². The van der Waals surface area contributed by atoms with Crippen LogP contribution in [0, 0.1) is 23.7 Å². The Morgan fingerprint density at radius 3 is 2.94 bits per heavy atom. The standard InChI is InChI=1S/C15H22O3/c1-8-4-7-12-10(3)14(17)18-15(12)11(8)6-5-9(2)13(15)16/h5,8,10-13,16H,4,6-7H2,1-3H3/t8-,10-,11+,12+,13+,15+/m1/s1/i2D3. The van der Waals surface area contributed by atoms with Crippen LogP contribution >= 0.6 is 0 Å². The molecule has 18 heavy (non-hydrogen) atoms. The predicted molar refractivity (Wildman–Crippen MR) is 67.7 cm³/mol. The van der Waals surface area contributed by atoms with Gasteiger partial charge in [0.15, 0.2) is 0 Å².